The molecule has 1 fully saturated rings. The first-order chi connectivity index (χ1) is 13.6. The largest absolute Gasteiger partial charge is 0.372 e. The van der Waals surface area contributed by atoms with Gasteiger partial charge in [-0.15, -0.1) is 12.4 Å². The number of rotatable bonds is 5. The molecule has 3 rings (SSSR count). The molecule has 5 heteroatoms. The van der Waals surface area contributed by atoms with Crippen LogP contribution in [0.5, 0.6) is 0 Å². The fourth-order valence-corrected chi connectivity index (χ4v) is 3.40. The van der Waals surface area contributed by atoms with Crippen molar-refractivity contribution in [2.24, 2.45) is 0 Å². The third-order valence-corrected chi connectivity index (χ3v) is 5.13. The first-order valence-electron chi connectivity index (χ1n) is 9.95. The Morgan fingerprint density at radius 2 is 1.66 bits per heavy atom. The van der Waals surface area contributed by atoms with Gasteiger partial charge in [0.25, 0.3) is 5.91 Å². The summed E-state index contributed by atoms with van der Waals surface area (Å²) in [7, 11) is 0. The maximum Gasteiger partial charge on any atom is 0.266 e. The Hall–Kier alpha value is -2.77. The van der Waals surface area contributed by atoms with Gasteiger partial charge in [0, 0.05) is 24.5 Å². The first-order valence-corrected chi connectivity index (χ1v) is 9.95. The molecule has 1 aliphatic heterocycles. The van der Waals surface area contributed by atoms with Gasteiger partial charge < -0.3 is 10.2 Å². The number of anilines is 2. The molecule has 2 aromatic rings. The van der Waals surface area contributed by atoms with Crippen LogP contribution in [0.1, 0.15) is 50.2 Å². The number of hydrogen-bond acceptors (Lipinski definition) is 3. The molecule has 0 aliphatic carbocycles. The van der Waals surface area contributed by atoms with Gasteiger partial charge >= 0.3 is 0 Å². The van der Waals surface area contributed by atoms with Crippen molar-refractivity contribution in [3.8, 4) is 6.07 Å². The van der Waals surface area contributed by atoms with Crippen molar-refractivity contribution in [3.63, 3.8) is 0 Å². The third-order valence-electron chi connectivity index (χ3n) is 5.13. The fraction of sp³-hybridized carbons (Fsp3) is 0.333. The summed E-state index contributed by atoms with van der Waals surface area (Å²) >= 11 is 0. The van der Waals surface area contributed by atoms with Crippen molar-refractivity contribution in [2.45, 2.75) is 39.0 Å². The number of nitrogens with one attached hydrogen (secondary N) is 1. The van der Waals surface area contributed by atoms with Gasteiger partial charge in [-0.25, -0.2) is 0 Å². The molecule has 1 amide bonds. The van der Waals surface area contributed by atoms with Gasteiger partial charge in [-0.1, -0.05) is 38.1 Å². The molecule has 152 valence electrons. The van der Waals surface area contributed by atoms with Gasteiger partial charge in [-0.2, -0.15) is 5.26 Å². The molecule has 4 nitrogen and oxygen atoms in total. The van der Waals surface area contributed by atoms with Crippen molar-refractivity contribution < 1.29 is 4.79 Å². The minimum Gasteiger partial charge on any atom is -0.372 e. The minimum absolute atomic E-state index is 0. The van der Waals surface area contributed by atoms with Crippen molar-refractivity contribution in [3.05, 3.63) is 65.2 Å². The van der Waals surface area contributed by atoms with E-state index in [1.807, 2.05) is 54.6 Å². The summed E-state index contributed by atoms with van der Waals surface area (Å²) in [6.07, 6.45) is 5.38. The lowest BCUT2D eigenvalue weighted by Crippen LogP contribution is -2.29. The molecule has 0 bridgehead atoms. The Bertz CT molecular complexity index is 874. The third kappa shape index (κ3) is 6.10. The summed E-state index contributed by atoms with van der Waals surface area (Å²) < 4.78 is 0. The molecule has 1 aliphatic rings. The van der Waals surface area contributed by atoms with Gasteiger partial charge in [0.1, 0.15) is 11.6 Å². The van der Waals surface area contributed by atoms with Crippen molar-refractivity contribution >= 4 is 35.8 Å². The van der Waals surface area contributed by atoms with Crippen LogP contribution in [0.25, 0.3) is 6.08 Å². The molecule has 0 radical (unpaired) electrons. The predicted octanol–water partition coefficient (Wildman–Crippen LogP) is 5.77. The van der Waals surface area contributed by atoms with E-state index in [0.29, 0.717) is 11.6 Å². The summed E-state index contributed by atoms with van der Waals surface area (Å²) in [5.41, 5.74) is 4.05. The van der Waals surface area contributed by atoms with Crippen LogP contribution in [-0.4, -0.2) is 19.0 Å². The Kier molecular flexibility index (Phi) is 8.30. The van der Waals surface area contributed by atoms with Crippen LogP contribution in [0.15, 0.2) is 54.1 Å². The van der Waals surface area contributed by atoms with Gasteiger partial charge in [0.15, 0.2) is 0 Å². The Morgan fingerprint density at radius 3 is 2.21 bits per heavy atom. The SMILES string of the molecule is CC(C)c1ccc(C=C(C#N)C(=O)Nc2ccc(N3CCCCC3)cc2)cc1.Cl. The van der Waals surface area contributed by atoms with Crippen LogP contribution in [0.2, 0.25) is 0 Å². The minimum atomic E-state index is -0.388. The number of halogens is 1. The Labute approximate surface area is 179 Å². The van der Waals surface area contributed by atoms with E-state index >= 15 is 0 Å². The molecular weight excluding hydrogens is 382 g/mol. The summed E-state index contributed by atoms with van der Waals surface area (Å²) in [5, 5.41) is 12.2. The van der Waals surface area contributed by atoms with Crippen molar-refractivity contribution in [1.82, 2.24) is 0 Å². The number of benzene rings is 2. The van der Waals surface area contributed by atoms with Crippen LogP contribution in [0, 0.1) is 11.3 Å². The smallest absolute Gasteiger partial charge is 0.266 e. The molecular formula is C24H28ClN3O. The van der Waals surface area contributed by atoms with E-state index in [-0.39, 0.29) is 23.9 Å². The van der Waals surface area contributed by atoms with E-state index in [4.69, 9.17) is 0 Å². The normalized spacial score (nSPS) is 14.1. The van der Waals surface area contributed by atoms with Gasteiger partial charge in [-0.05, 0) is 66.6 Å². The number of amides is 1. The molecule has 0 saturated carbocycles. The topological polar surface area (TPSA) is 56.1 Å². The molecule has 1 N–H and O–H groups in total. The lowest BCUT2D eigenvalue weighted by molar-refractivity contribution is -0.112. The molecule has 0 aromatic heterocycles. The fourth-order valence-electron chi connectivity index (χ4n) is 3.40. The van der Waals surface area contributed by atoms with E-state index in [2.05, 4.69) is 24.1 Å². The number of nitriles is 1. The highest BCUT2D eigenvalue weighted by Gasteiger charge is 2.12. The number of carbonyl (C=O) groups is 1. The van der Waals surface area contributed by atoms with Gasteiger partial charge in [-0.3, -0.25) is 4.79 Å². The second-order valence-corrected chi connectivity index (χ2v) is 7.54. The van der Waals surface area contributed by atoms with Crippen LogP contribution >= 0.6 is 12.4 Å². The summed E-state index contributed by atoms with van der Waals surface area (Å²) in [5.74, 6) is 0.0610. The van der Waals surface area contributed by atoms with Crippen LogP contribution in [0.3, 0.4) is 0 Å². The highest BCUT2D eigenvalue weighted by Crippen LogP contribution is 2.22. The summed E-state index contributed by atoms with van der Waals surface area (Å²) in [6, 6.07) is 17.8. The van der Waals surface area contributed by atoms with E-state index in [9.17, 15) is 10.1 Å². The van der Waals surface area contributed by atoms with Gasteiger partial charge in [0.05, 0.1) is 0 Å². The Balaban J connectivity index is 0.00000300. The summed E-state index contributed by atoms with van der Waals surface area (Å²) in [6.45, 7) is 6.44. The number of piperidine rings is 1. The molecule has 0 atom stereocenters. The second kappa shape index (κ2) is 10.7. The number of hydrogen-bond donors (Lipinski definition) is 1. The van der Waals surface area contributed by atoms with Crippen LogP contribution in [-0.2, 0) is 4.79 Å². The van der Waals surface area contributed by atoms with Crippen molar-refractivity contribution in [1.29, 1.82) is 5.26 Å². The lowest BCUT2D eigenvalue weighted by Gasteiger charge is -2.28. The number of nitrogens with zero attached hydrogens (tertiary/aromatic N) is 2. The first kappa shape index (κ1) is 22.5. The molecule has 0 unspecified atom stereocenters. The van der Waals surface area contributed by atoms with Crippen molar-refractivity contribution in [2.75, 3.05) is 23.3 Å². The zero-order valence-corrected chi connectivity index (χ0v) is 17.8. The second-order valence-electron chi connectivity index (χ2n) is 7.54. The standard InChI is InChI=1S/C24H27N3O.ClH/c1-18(2)20-8-6-19(7-9-20)16-21(17-25)24(28)26-22-10-12-23(13-11-22)27-14-4-3-5-15-27;/h6-13,16,18H,3-5,14-15H2,1-2H3,(H,26,28);1H. The average Bonchev–Trinajstić information content (AvgIpc) is 2.73. The lowest BCUT2D eigenvalue weighted by atomic mass is 10.0. The van der Waals surface area contributed by atoms with E-state index in [1.165, 1.54) is 30.5 Å². The predicted molar refractivity (Wildman–Crippen MR) is 123 cm³/mol. The zero-order chi connectivity index (χ0) is 19.9. The monoisotopic (exact) mass is 409 g/mol. The number of carbonyl (C=O) groups excluding carboxylic acids is 1. The van der Waals surface area contributed by atoms with E-state index in [0.717, 1.165) is 18.7 Å². The molecule has 2 aromatic carbocycles. The van der Waals surface area contributed by atoms with Gasteiger partial charge in [0.2, 0.25) is 0 Å². The van der Waals surface area contributed by atoms with Crippen LogP contribution < -0.4 is 10.2 Å². The Morgan fingerprint density at radius 1 is 1.03 bits per heavy atom. The molecule has 1 heterocycles. The molecule has 1 saturated heterocycles. The van der Waals surface area contributed by atoms with Crippen LogP contribution in [0.4, 0.5) is 11.4 Å². The highest BCUT2D eigenvalue weighted by atomic mass is 35.5. The quantitative estimate of drug-likeness (QED) is 0.503. The summed E-state index contributed by atoms with van der Waals surface area (Å²) in [4.78, 5) is 14.9. The zero-order valence-electron chi connectivity index (χ0n) is 17.0. The van der Waals surface area contributed by atoms with E-state index < -0.39 is 0 Å². The molecule has 29 heavy (non-hydrogen) atoms. The molecule has 0 spiro atoms. The maximum absolute atomic E-state index is 12.5. The average molecular weight is 410 g/mol. The highest BCUT2D eigenvalue weighted by molar-refractivity contribution is 6.09. The maximum atomic E-state index is 12.5. The van der Waals surface area contributed by atoms with E-state index in [1.54, 1.807) is 6.08 Å².